The Bertz CT molecular complexity index is 1320. The summed E-state index contributed by atoms with van der Waals surface area (Å²) in [6.45, 7) is 0.856. The van der Waals surface area contributed by atoms with Crippen LogP contribution in [0.25, 0.3) is 44.9 Å². The summed E-state index contributed by atoms with van der Waals surface area (Å²) >= 11 is 0. The Morgan fingerprint density at radius 2 is 1.36 bits per heavy atom. The number of aromatic nitrogens is 3. The quantitative estimate of drug-likeness (QED) is 0.391. The second kappa shape index (κ2) is 5.89. The standard InChI is InChI=1S/C25H17N3/c1-3-9-17(10-4-1)23-21-15-22-20-14-8-7-13-19(20)16-28(22)25(21)27-24(26-23)18-11-5-2-6-12-18/h1-15H,16H2. The first-order valence-electron chi connectivity index (χ1n) is 9.49. The third-order valence-corrected chi connectivity index (χ3v) is 5.45. The lowest BCUT2D eigenvalue weighted by Crippen LogP contribution is -1.99. The minimum absolute atomic E-state index is 0.767. The van der Waals surface area contributed by atoms with Gasteiger partial charge in [-0.05, 0) is 11.6 Å². The molecule has 0 aliphatic carbocycles. The van der Waals surface area contributed by atoms with Gasteiger partial charge in [-0.2, -0.15) is 0 Å². The summed E-state index contributed by atoms with van der Waals surface area (Å²) in [5.74, 6) is 0.767. The number of fused-ring (bicyclic) bond motifs is 5. The molecule has 1 aliphatic heterocycles. The van der Waals surface area contributed by atoms with Crippen LogP contribution >= 0.6 is 0 Å². The lowest BCUT2D eigenvalue weighted by molar-refractivity contribution is 0.871. The largest absolute Gasteiger partial charge is 0.321 e. The van der Waals surface area contributed by atoms with Gasteiger partial charge in [0.2, 0.25) is 0 Å². The first-order valence-corrected chi connectivity index (χ1v) is 9.49. The Labute approximate surface area is 163 Å². The van der Waals surface area contributed by atoms with E-state index in [4.69, 9.17) is 9.97 Å². The molecular formula is C25H17N3. The molecule has 1 aliphatic rings. The van der Waals surface area contributed by atoms with Crippen molar-refractivity contribution in [3.63, 3.8) is 0 Å². The monoisotopic (exact) mass is 359 g/mol. The molecule has 5 aromatic rings. The Balaban J connectivity index is 1.68. The van der Waals surface area contributed by atoms with Gasteiger partial charge in [0.25, 0.3) is 0 Å². The molecule has 0 saturated heterocycles. The fraction of sp³-hybridized carbons (Fsp3) is 0.0400. The molecule has 0 fully saturated rings. The smallest absolute Gasteiger partial charge is 0.162 e. The molecule has 0 N–H and O–H groups in total. The SMILES string of the molecule is c1ccc(-c2nc(-c3ccccc3)c3cc4n(c3n2)Cc2ccccc2-4)cc1. The second-order valence-corrected chi connectivity index (χ2v) is 7.14. The van der Waals surface area contributed by atoms with E-state index in [9.17, 15) is 0 Å². The zero-order chi connectivity index (χ0) is 18.5. The highest BCUT2D eigenvalue weighted by Crippen LogP contribution is 2.39. The zero-order valence-corrected chi connectivity index (χ0v) is 15.2. The third-order valence-electron chi connectivity index (χ3n) is 5.45. The summed E-state index contributed by atoms with van der Waals surface area (Å²) in [7, 11) is 0. The molecule has 0 atom stereocenters. The number of rotatable bonds is 2. The first kappa shape index (κ1) is 15.3. The van der Waals surface area contributed by atoms with Gasteiger partial charge in [0, 0.05) is 22.1 Å². The molecule has 132 valence electrons. The maximum Gasteiger partial charge on any atom is 0.162 e. The van der Waals surface area contributed by atoms with Gasteiger partial charge in [-0.3, -0.25) is 0 Å². The van der Waals surface area contributed by atoms with Crippen LogP contribution in [0.2, 0.25) is 0 Å². The summed E-state index contributed by atoms with van der Waals surface area (Å²) < 4.78 is 2.32. The molecule has 2 aromatic heterocycles. The molecule has 0 amide bonds. The Hall–Kier alpha value is -3.72. The molecule has 3 heteroatoms. The van der Waals surface area contributed by atoms with Crippen molar-refractivity contribution in [1.29, 1.82) is 0 Å². The highest BCUT2D eigenvalue weighted by atomic mass is 15.1. The van der Waals surface area contributed by atoms with E-state index in [1.165, 1.54) is 16.8 Å². The number of hydrogen-bond acceptors (Lipinski definition) is 2. The van der Waals surface area contributed by atoms with Crippen LogP contribution in [0.15, 0.2) is 91.0 Å². The van der Waals surface area contributed by atoms with Gasteiger partial charge < -0.3 is 4.57 Å². The second-order valence-electron chi connectivity index (χ2n) is 7.14. The van der Waals surface area contributed by atoms with E-state index in [0.717, 1.165) is 40.2 Å². The van der Waals surface area contributed by atoms with Crippen LogP contribution in [0, 0.1) is 0 Å². The molecule has 3 aromatic carbocycles. The molecule has 28 heavy (non-hydrogen) atoms. The normalized spacial score (nSPS) is 12.1. The maximum atomic E-state index is 5.00. The van der Waals surface area contributed by atoms with Crippen molar-refractivity contribution in [3.8, 4) is 33.9 Å². The minimum Gasteiger partial charge on any atom is -0.321 e. The summed E-state index contributed by atoms with van der Waals surface area (Å²) in [5, 5.41) is 1.11. The van der Waals surface area contributed by atoms with Crippen LogP contribution in [0.1, 0.15) is 5.56 Å². The molecule has 3 nitrogen and oxygen atoms in total. The summed E-state index contributed by atoms with van der Waals surface area (Å²) in [4.78, 5) is 9.98. The zero-order valence-electron chi connectivity index (χ0n) is 15.2. The summed E-state index contributed by atoms with van der Waals surface area (Å²) in [6.07, 6.45) is 0. The lowest BCUT2D eigenvalue weighted by atomic mass is 10.1. The Kier molecular flexibility index (Phi) is 3.23. The van der Waals surface area contributed by atoms with E-state index in [1.807, 2.05) is 24.3 Å². The number of benzene rings is 3. The molecule has 0 spiro atoms. The van der Waals surface area contributed by atoms with Gasteiger partial charge in [-0.15, -0.1) is 0 Å². The lowest BCUT2D eigenvalue weighted by Gasteiger charge is -2.08. The van der Waals surface area contributed by atoms with Crippen molar-refractivity contribution in [1.82, 2.24) is 14.5 Å². The van der Waals surface area contributed by atoms with Crippen molar-refractivity contribution >= 4 is 11.0 Å². The predicted octanol–water partition coefficient (Wildman–Crippen LogP) is 5.79. The predicted molar refractivity (Wildman–Crippen MR) is 113 cm³/mol. The Morgan fingerprint density at radius 3 is 2.14 bits per heavy atom. The van der Waals surface area contributed by atoms with E-state index >= 15 is 0 Å². The molecule has 0 bridgehead atoms. The van der Waals surface area contributed by atoms with Crippen molar-refractivity contribution in [2.24, 2.45) is 0 Å². The maximum absolute atomic E-state index is 5.00. The number of hydrogen-bond donors (Lipinski definition) is 0. The number of nitrogens with zero attached hydrogens (tertiary/aromatic N) is 3. The van der Waals surface area contributed by atoms with Gasteiger partial charge in [0.15, 0.2) is 5.82 Å². The van der Waals surface area contributed by atoms with E-state index in [1.54, 1.807) is 0 Å². The van der Waals surface area contributed by atoms with Crippen molar-refractivity contribution in [2.45, 2.75) is 6.54 Å². The van der Waals surface area contributed by atoms with E-state index in [-0.39, 0.29) is 0 Å². The summed E-state index contributed by atoms with van der Waals surface area (Å²) in [5.41, 5.74) is 8.00. The highest BCUT2D eigenvalue weighted by Gasteiger charge is 2.24. The van der Waals surface area contributed by atoms with E-state index in [2.05, 4.69) is 71.3 Å². The van der Waals surface area contributed by atoms with E-state index in [0.29, 0.717) is 0 Å². The first-order chi connectivity index (χ1) is 13.9. The van der Waals surface area contributed by atoms with Gasteiger partial charge in [-0.1, -0.05) is 84.9 Å². The topological polar surface area (TPSA) is 30.7 Å². The molecule has 3 heterocycles. The van der Waals surface area contributed by atoms with Gasteiger partial charge in [-0.25, -0.2) is 9.97 Å². The minimum atomic E-state index is 0.767. The average molecular weight is 359 g/mol. The van der Waals surface area contributed by atoms with Gasteiger partial charge in [0.1, 0.15) is 5.65 Å². The fourth-order valence-corrected chi connectivity index (χ4v) is 4.12. The molecular weight excluding hydrogens is 342 g/mol. The van der Waals surface area contributed by atoms with Crippen LogP contribution in [0.3, 0.4) is 0 Å². The molecule has 0 radical (unpaired) electrons. The van der Waals surface area contributed by atoms with Gasteiger partial charge >= 0.3 is 0 Å². The Morgan fingerprint density at radius 1 is 0.679 bits per heavy atom. The average Bonchev–Trinajstić information content (AvgIpc) is 3.31. The van der Waals surface area contributed by atoms with Crippen LogP contribution in [0.4, 0.5) is 0 Å². The van der Waals surface area contributed by atoms with Crippen LogP contribution < -0.4 is 0 Å². The molecule has 0 saturated carbocycles. The van der Waals surface area contributed by atoms with Crippen molar-refractivity contribution in [3.05, 3.63) is 96.6 Å². The van der Waals surface area contributed by atoms with Crippen LogP contribution in [-0.4, -0.2) is 14.5 Å². The third kappa shape index (κ3) is 2.23. The summed E-state index contributed by atoms with van der Waals surface area (Å²) in [6, 6.07) is 31.5. The fourth-order valence-electron chi connectivity index (χ4n) is 4.12. The highest BCUT2D eigenvalue weighted by molar-refractivity contribution is 5.97. The van der Waals surface area contributed by atoms with Crippen LogP contribution in [0.5, 0.6) is 0 Å². The van der Waals surface area contributed by atoms with Crippen molar-refractivity contribution in [2.75, 3.05) is 0 Å². The van der Waals surface area contributed by atoms with Crippen molar-refractivity contribution < 1.29 is 0 Å². The molecule has 0 unspecified atom stereocenters. The van der Waals surface area contributed by atoms with Gasteiger partial charge in [0.05, 0.1) is 17.9 Å². The molecule has 6 rings (SSSR count). The van der Waals surface area contributed by atoms with E-state index < -0.39 is 0 Å². The van der Waals surface area contributed by atoms with Crippen LogP contribution in [-0.2, 0) is 6.54 Å².